The number of hydrogen-bond acceptors (Lipinski definition) is 6. The summed E-state index contributed by atoms with van der Waals surface area (Å²) in [5, 5.41) is 0.990. The lowest BCUT2D eigenvalue weighted by molar-refractivity contribution is -0.121. The van der Waals surface area contributed by atoms with Crippen molar-refractivity contribution in [3.05, 3.63) is 76.2 Å². The number of benzene rings is 2. The highest BCUT2D eigenvalue weighted by atomic mass is 35.5. The second-order valence-electron chi connectivity index (χ2n) is 6.20. The largest absolute Gasteiger partial charge is 0.488 e. The van der Waals surface area contributed by atoms with Crippen LogP contribution in [-0.4, -0.2) is 42.7 Å². The average molecular weight is 443 g/mol. The fourth-order valence-corrected chi connectivity index (χ4v) is 3.81. The molecule has 1 saturated heterocycles. The number of amides is 1. The quantitative estimate of drug-likeness (QED) is 0.360. The number of carbonyl (C=O) groups is 2. The predicted molar refractivity (Wildman–Crippen MR) is 120 cm³/mol. The first kappa shape index (κ1) is 21.7. The predicted octanol–water partition coefficient (Wildman–Crippen LogP) is 4.93. The summed E-state index contributed by atoms with van der Waals surface area (Å²) >= 11 is 7.51. The number of thioether (sulfide) groups is 1. The van der Waals surface area contributed by atoms with E-state index in [0.29, 0.717) is 38.7 Å². The molecular formula is C22H19ClN2O4S. The molecule has 2 aromatic carbocycles. The normalized spacial score (nSPS) is 16.2. The lowest BCUT2D eigenvalue weighted by atomic mass is 10.2. The number of esters is 1. The van der Waals surface area contributed by atoms with E-state index in [0.717, 1.165) is 5.56 Å². The Labute approximate surface area is 183 Å². The van der Waals surface area contributed by atoms with Crippen LogP contribution in [0.2, 0.25) is 5.02 Å². The molecule has 154 valence electrons. The summed E-state index contributed by atoms with van der Waals surface area (Å²) in [7, 11) is 2.99. The second-order valence-corrected chi connectivity index (χ2v) is 7.61. The fourth-order valence-electron chi connectivity index (χ4n) is 2.58. The van der Waals surface area contributed by atoms with E-state index in [9.17, 15) is 9.59 Å². The average Bonchev–Trinajstić information content (AvgIpc) is 3.01. The van der Waals surface area contributed by atoms with Crippen LogP contribution >= 0.6 is 23.4 Å². The molecule has 0 atom stereocenters. The first-order chi connectivity index (χ1) is 14.4. The third-order valence-electron chi connectivity index (χ3n) is 4.13. The van der Waals surface area contributed by atoms with Gasteiger partial charge < -0.3 is 9.47 Å². The molecule has 0 aliphatic carbocycles. The highest BCUT2D eigenvalue weighted by Crippen LogP contribution is 2.34. The number of carbonyl (C=O) groups excluding carboxylic acids is 2. The molecule has 1 amide bonds. The molecule has 1 heterocycles. The minimum absolute atomic E-state index is 0.159. The Hall–Kier alpha value is -3.03. The van der Waals surface area contributed by atoms with Gasteiger partial charge in [0.05, 0.1) is 28.3 Å². The van der Waals surface area contributed by atoms with E-state index < -0.39 is 5.97 Å². The monoisotopic (exact) mass is 442 g/mol. The van der Waals surface area contributed by atoms with Crippen LogP contribution in [-0.2, 0) is 9.53 Å². The van der Waals surface area contributed by atoms with Crippen LogP contribution in [0.5, 0.6) is 5.75 Å². The highest BCUT2D eigenvalue weighted by Gasteiger charge is 2.30. The third-order valence-corrected chi connectivity index (χ3v) is 5.48. The van der Waals surface area contributed by atoms with Gasteiger partial charge in [0.2, 0.25) is 0 Å². The van der Waals surface area contributed by atoms with Crippen molar-refractivity contribution in [3.8, 4) is 5.75 Å². The van der Waals surface area contributed by atoms with Crippen LogP contribution in [0.15, 0.2) is 65.0 Å². The zero-order chi connectivity index (χ0) is 21.7. The number of aliphatic imine (C=N–C) groups is 1. The maximum Gasteiger partial charge on any atom is 0.337 e. The van der Waals surface area contributed by atoms with Crippen LogP contribution < -0.4 is 4.74 Å². The summed E-state index contributed by atoms with van der Waals surface area (Å²) in [6.07, 6.45) is 3.40. The summed E-state index contributed by atoms with van der Waals surface area (Å²) in [6.45, 7) is 3.97. The molecule has 0 unspecified atom stereocenters. The van der Waals surface area contributed by atoms with Gasteiger partial charge in [-0.15, -0.1) is 0 Å². The maximum absolute atomic E-state index is 12.6. The summed E-state index contributed by atoms with van der Waals surface area (Å²) < 4.78 is 10.1. The van der Waals surface area contributed by atoms with E-state index >= 15 is 0 Å². The Kier molecular flexibility index (Phi) is 6.97. The zero-order valence-electron chi connectivity index (χ0n) is 16.4. The number of methoxy groups -OCH3 is 1. The van der Waals surface area contributed by atoms with Gasteiger partial charge in [-0.05, 0) is 59.8 Å². The Morgan fingerprint density at radius 3 is 2.63 bits per heavy atom. The van der Waals surface area contributed by atoms with Crippen LogP contribution in [0.1, 0.15) is 15.9 Å². The van der Waals surface area contributed by atoms with E-state index in [2.05, 4.69) is 16.3 Å². The molecule has 3 rings (SSSR count). The number of ether oxygens (including phenoxy) is 2. The fraction of sp³-hybridized carbons (Fsp3) is 0.136. The minimum atomic E-state index is -0.415. The van der Waals surface area contributed by atoms with Crippen molar-refractivity contribution in [3.63, 3.8) is 0 Å². The minimum Gasteiger partial charge on any atom is -0.488 e. The standard InChI is InChI=1S/C22H19ClN2O4S/c1-4-11-29-18-10-5-14(12-17(18)23)13-19-20(26)25(2)22(30-19)24-16-8-6-15(7-9-16)21(27)28-3/h4-10,12-13H,1,11H2,2-3H3/b19-13-,24-22?. The molecule has 2 aromatic rings. The molecule has 0 radical (unpaired) electrons. The molecule has 1 fully saturated rings. The van der Waals surface area contributed by atoms with Gasteiger partial charge in [-0.1, -0.05) is 30.3 Å². The summed E-state index contributed by atoms with van der Waals surface area (Å²) in [4.78, 5) is 30.7. The van der Waals surface area contributed by atoms with E-state index in [4.69, 9.17) is 16.3 Å². The topological polar surface area (TPSA) is 68.2 Å². The molecule has 6 nitrogen and oxygen atoms in total. The Balaban J connectivity index is 1.80. The van der Waals surface area contributed by atoms with Gasteiger partial charge in [-0.2, -0.15) is 0 Å². The van der Waals surface area contributed by atoms with Crippen molar-refractivity contribution in [2.75, 3.05) is 20.8 Å². The lowest BCUT2D eigenvalue weighted by Crippen LogP contribution is -2.23. The lowest BCUT2D eigenvalue weighted by Gasteiger charge is -2.07. The van der Waals surface area contributed by atoms with Crippen molar-refractivity contribution < 1.29 is 19.1 Å². The molecule has 0 N–H and O–H groups in total. The van der Waals surface area contributed by atoms with E-state index in [1.807, 2.05) is 6.07 Å². The van der Waals surface area contributed by atoms with Gasteiger partial charge in [0, 0.05) is 7.05 Å². The molecule has 0 saturated carbocycles. The van der Waals surface area contributed by atoms with E-state index in [1.54, 1.807) is 55.6 Å². The van der Waals surface area contributed by atoms with Gasteiger partial charge in [0.15, 0.2) is 5.17 Å². The van der Waals surface area contributed by atoms with E-state index in [-0.39, 0.29) is 5.91 Å². The first-order valence-electron chi connectivity index (χ1n) is 8.91. The van der Waals surface area contributed by atoms with Crippen LogP contribution in [0, 0.1) is 0 Å². The Bertz CT molecular complexity index is 1050. The van der Waals surface area contributed by atoms with Crippen molar-refractivity contribution in [2.45, 2.75) is 0 Å². The van der Waals surface area contributed by atoms with Gasteiger partial charge in [-0.3, -0.25) is 9.69 Å². The number of halogens is 1. The third kappa shape index (κ3) is 4.93. The van der Waals surface area contributed by atoms with Gasteiger partial charge in [0.25, 0.3) is 5.91 Å². The van der Waals surface area contributed by atoms with Crippen molar-refractivity contribution in [2.24, 2.45) is 4.99 Å². The van der Waals surface area contributed by atoms with Crippen molar-refractivity contribution >= 4 is 52.2 Å². The molecule has 0 bridgehead atoms. The molecule has 8 heteroatoms. The van der Waals surface area contributed by atoms with Gasteiger partial charge in [0.1, 0.15) is 12.4 Å². The first-order valence-corrected chi connectivity index (χ1v) is 10.1. The highest BCUT2D eigenvalue weighted by molar-refractivity contribution is 8.18. The van der Waals surface area contributed by atoms with Crippen LogP contribution in [0.4, 0.5) is 5.69 Å². The zero-order valence-corrected chi connectivity index (χ0v) is 18.0. The summed E-state index contributed by atoms with van der Waals surface area (Å²) in [5.41, 5.74) is 1.83. The number of hydrogen-bond donors (Lipinski definition) is 0. The number of likely N-dealkylation sites (N-methyl/N-ethyl adjacent to an activating group) is 1. The molecule has 0 spiro atoms. The van der Waals surface area contributed by atoms with Crippen LogP contribution in [0.3, 0.4) is 0 Å². The smallest absolute Gasteiger partial charge is 0.337 e. The summed E-state index contributed by atoms with van der Waals surface area (Å²) in [5.74, 6) is -0.0199. The Morgan fingerprint density at radius 1 is 1.27 bits per heavy atom. The van der Waals surface area contributed by atoms with Crippen LogP contribution in [0.25, 0.3) is 6.08 Å². The number of nitrogens with zero attached hydrogens (tertiary/aromatic N) is 2. The van der Waals surface area contributed by atoms with Gasteiger partial charge >= 0.3 is 5.97 Å². The molecule has 0 aromatic heterocycles. The van der Waals surface area contributed by atoms with Gasteiger partial charge in [-0.25, -0.2) is 9.79 Å². The summed E-state index contributed by atoms with van der Waals surface area (Å²) in [6, 6.07) is 12.0. The maximum atomic E-state index is 12.6. The molecule has 30 heavy (non-hydrogen) atoms. The van der Waals surface area contributed by atoms with Crippen molar-refractivity contribution in [1.82, 2.24) is 4.90 Å². The number of amidine groups is 1. The second kappa shape index (κ2) is 9.65. The molecule has 1 aliphatic rings. The molecular weight excluding hydrogens is 424 g/mol. The Morgan fingerprint density at radius 2 is 2.00 bits per heavy atom. The molecule has 1 aliphatic heterocycles. The van der Waals surface area contributed by atoms with E-state index in [1.165, 1.54) is 23.8 Å². The van der Waals surface area contributed by atoms with Crippen molar-refractivity contribution in [1.29, 1.82) is 0 Å². The SMILES string of the molecule is C=CCOc1ccc(/C=C2\SC(=Nc3ccc(C(=O)OC)cc3)N(C)C2=O)cc1Cl. The number of rotatable bonds is 6.